The third-order valence-corrected chi connectivity index (χ3v) is 6.00. The summed E-state index contributed by atoms with van der Waals surface area (Å²) < 4.78 is 0. The van der Waals surface area contributed by atoms with Gasteiger partial charge in [0.05, 0.1) is 0 Å². The van der Waals surface area contributed by atoms with E-state index >= 15 is 0 Å². The van der Waals surface area contributed by atoms with Crippen LogP contribution in [0.15, 0.2) is 18.2 Å². The van der Waals surface area contributed by atoms with Crippen molar-refractivity contribution < 1.29 is 5.11 Å². The van der Waals surface area contributed by atoms with Gasteiger partial charge in [-0.2, -0.15) is 0 Å². The number of hydrogen-bond donors (Lipinski definition) is 1. The van der Waals surface area contributed by atoms with Crippen molar-refractivity contribution in [1.82, 2.24) is 0 Å². The monoisotopic (exact) mass is 344 g/mol. The van der Waals surface area contributed by atoms with Crippen molar-refractivity contribution in [3.8, 4) is 5.75 Å². The number of aryl methyl sites for hydroxylation is 2. The molecule has 1 N–H and O–H groups in total. The van der Waals surface area contributed by atoms with E-state index in [2.05, 4.69) is 19.1 Å². The molecule has 1 aliphatic rings. The maximum Gasteiger partial charge on any atom is 0.118 e. The fourth-order valence-electron chi connectivity index (χ4n) is 3.99. The van der Waals surface area contributed by atoms with Crippen molar-refractivity contribution in [2.45, 2.75) is 110 Å². The number of benzene rings is 1. The summed E-state index contributed by atoms with van der Waals surface area (Å²) in [6.07, 6.45) is 21.5. The van der Waals surface area contributed by atoms with Gasteiger partial charge < -0.3 is 5.11 Å². The number of phenols is 1. The molecule has 0 atom stereocenters. The summed E-state index contributed by atoms with van der Waals surface area (Å²) >= 11 is 0. The van der Waals surface area contributed by atoms with E-state index in [0.29, 0.717) is 5.75 Å². The molecular weight excluding hydrogens is 304 g/mol. The molecule has 0 saturated heterocycles. The van der Waals surface area contributed by atoms with Crippen LogP contribution in [0.1, 0.15) is 108 Å². The van der Waals surface area contributed by atoms with Crippen LogP contribution in [0.2, 0.25) is 0 Å². The van der Waals surface area contributed by atoms with Gasteiger partial charge in [-0.05, 0) is 48.8 Å². The summed E-state index contributed by atoms with van der Waals surface area (Å²) in [5.74, 6) is 1.56. The summed E-state index contributed by atoms with van der Waals surface area (Å²) in [6.45, 7) is 2.27. The Kier molecular flexibility index (Phi) is 10.1. The predicted octanol–water partition coefficient (Wildman–Crippen LogP) is 7.59. The van der Waals surface area contributed by atoms with Gasteiger partial charge in [-0.15, -0.1) is 0 Å². The molecule has 142 valence electrons. The zero-order valence-corrected chi connectivity index (χ0v) is 16.6. The lowest BCUT2D eigenvalue weighted by Gasteiger charge is -2.24. The summed E-state index contributed by atoms with van der Waals surface area (Å²) in [7, 11) is 0. The van der Waals surface area contributed by atoms with E-state index in [1.54, 1.807) is 0 Å². The number of aromatic hydroxyl groups is 1. The predicted molar refractivity (Wildman–Crippen MR) is 109 cm³/mol. The topological polar surface area (TPSA) is 20.2 Å². The minimum atomic E-state index is 0.501. The van der Waals surface area contributed by atoms with E-state index in [-0.39, 0.29) is 0 Å². The molecule has 1 aromatic carbocycles. The lowest BCUT2D eigenvalue weighted by Crippen LogP contribution is -2.10. The van der Waals surface area contributed by atoms with Crippen LogP contribution < -0.4 is 0 Å². The van der Waals surface area contributed by atoms with E-state index < -0.39 is 0 Å². The highest BCUT2D eigenvalue weighted by molar-refractivity contribution is 5.36. The lowest BCUT2D eigenvalue weighted by atomic mass is 9.81. The molecule has 0 aliphatic heterocycles. The SMILES string of the molecule is CCCCCCCCc1ccc(O)c(CCCCCCC2CCC2)c1. The van der Waals surface area contributed by atoms with Gasteiger partial charge in [0, 0.05) is 0 Å². The van der Waals surface area contributed by atoms with Crippen molar-refractivity contribution in [3.63, 3.8) is 0 Å². The zero-order valence-electron chi connectivity index (χ0n) is 16.6. The summed E-state index contributed by atoms with van der Waals surface area (Å²) in [5, 5.41) is 10.1. The van der Waals surface area contributed by atoms with Gasteiger partial charge in [-0.1, -0.05) is 96.1 Å². The first-order valence-electron chi connectivity index (χ1n) is 11.1. The molecular formula is C24H40O. The lowest BCUT2D eigenvalue weighted by molar-refractivity contribution is 0.286. The Hall–Kier alpha value is -0.980. The third-order valence-electron chi connectivity index (χ3n) is 6.00. The van der Waals surface area contributed by atoms with Crippen LogP contribution in [0, 0.1) is 5.92 Å². The van der Waals surface area contributed by atoms with Crippen molar-refractivity contribution in [1.29, 1.82) is 0 Å². The number of hydrogen-bond acceptors (Lipinski definition) is 1. The minimum absolute atomic E-state index is 0.501. The Morgan fingerprint density at radius 1 is 0.840 bits per heavy atom. The quantitative estimate of drug-likeness (QED) is 0.345. The molecule has 0 aromatic heterocycles. The van der Waals surface area contributed by atoms with Gasteiger partial charge in [0.1, 0.15) is 5.75 Å². The van der Waals surface area contributed by atoms with Crippen LogP contribution in [0.4, 0.5) is 0 Å². The number of phenolic OH excluding ortho intramolecular Hbond substituents is 1. The van der Waals surface area contributed by atoms with Crippen LogP contribution in [0.25, 0.3) is 0 Å². The summed E-state index contributed by atoms with van der Waals surface area (Å²) in [4.78, 5) is 0. The molecule has 1 aromatic rings. The summed E-state index contributed by atoms with van der Waals surface area (Å²) in [6, 6.07) is 6.29. The van der Waals surface area contributed by atoms with Crippen molar-refractivity contribution in [2.75, 3.05) is 0 Å². The maximum absolute atomic E-state index is 10.1. The highest BCUT2D eigenvalue weighted by atomic mass is 16.3. The smallest absolute Gasteiger partial charge is 0.118 e. The van der Waals surface area contributed by atoms with Crippen LogP contribution in [-0.2, 0) is 12.8 Å². The average Bonchev–Trinajstić information content (AvgIpc) is 2.58. The Morgan fingerprint density at radius 3 is 2.24 bits per heavy atom. The average molecular weight is 345 g/mol. The van der Waals surface area contributed by atoms with Crippen LogP contribution >= 0.6 is 0 Å². The van der Waals surface area contributed by atoms with Gasteiger partial charge in [0.2, 0.25) is 0 Å². The van der Waals surface area contributed by atoms with E-state index in [1.165, 1.54) is 107 Å². The fourth-order valence-corrected chi connectivity index (χ4v) is 3.99. The first kappa shape index (κ1) is 20.3. The standard InChI is InChI=1S/C24H40O/c1-2-3-4-5-6-10-14-22-18-19-24(25)23(20-22)17-11-8-7-9-13-21-15-12-16-21/h18-21,25H,2-17H2,1H3. The Balaban J connectivity index is 1.58. The first-order valence-corrected chi connectivity index (χ1v) is 11.1. The maximum atomic E-state index is 10.1. The van der Waals surface area contributed by atoms with Crippen molar-refractivity contribution >= 4 is 0 Å². The second kappa shape index (κ2) is 12.4. The molecule has 0 spiro atoms. The molecule has 0 unspecified atom stereocenters. The molecule has 1 aliphatic carbocycles. The Morgan fingerprint density at radius 2 is 1.52 bits per heavy atom. The highest BCUT2D eigenvalue weighted by Crippen LogP contribution is 2.31. The second-order valence-electron chi connectivity index (χ2n) is 8.23. The zero-order chi connectivity index (χ0) is 17.7. The Bertz CT molecular complexity index is 461. The van der Waals surface area contributed by atoms with Crippen LogP contribution in [0.3, 0.4) is 0 Å². The molecule has 1 nitrogen and oxygen atoms in total. The molecule has 25 heavy (non-hydrogen) atoms. The van der Waals surface area contributed by atoms with E-state index in [0.717, 1.165) is 12.3 Å². The fraction of sp³-hybridized carbons (Fsp3) is 0.750. The minimum Gasteiger partial charge on any atom is -0.508 e. The third kappa shape index (κ3) is 8.29. The molecule has 0 heterocycles. The molecule has 1 fully saturated rings. The highest BCUT2D eigenvalue weighted by Gasteiger charge is 2.16. The number of unbranched alkanes of at least 4 members (excludes halogenated alkanes) is 8. The molecule has 1 heteroatoms. The van der Waals surface area contributed by atoms with E-state index in [4.69, 9.17) is 0 Å². The van der Waals surface area contributed by atoms with Crippen LogP contribution in [0.5, 0.6) is 5.75 Å². The van der Waals surface area contributed by atoms with Crippen molar-refractivity contribution in [2.24, 2.45) is 5.92 Å². The van der Waals surface area contributed by atoms with Crippen molar-refractivity contribution in [3.05, 3.63) is 29.3 Å². The molecule has 0 amide bonds. The molecule has 0 bridgehead atoms. The van der Waals surface area contributed by atoms with Crippen LogP contribution in [-0.4, -0.2) is 5.11 Å². The van der Waals surface area contributed by atoms with Gasteiger partial charge in [0.15, 0.2) is 0 Å². The largest absolute Gasteiger partial charge is 0.508 e. The summed E-state index contributed by atoms with van der Waals surface area (Å²) in [5.41, 5.74) is 2.58. The van der Waals surface area contributed by atoms with Gasteiger partial charge in [0.25, 0.3) is 0 Å². The molecule has 0 radical (unpaired) electrons. The molecule has 2 rings (SSSR count). The first-order chi connectivity index (χ1) is 12.3. The normalized spacial score (nSPS) is 14.6. The van der Waals surface area contributed by atoms with E-state index in [9.17, 15) is 5.11 Å². The molecule has 1 saturated carbocycles. The number of rotatable bonds is 14. The van der Waals surface area contributed by atoms with Gasteiger partial charge in [-0.3, -0.25) is 0 Å². The second-order valence-corrected chi connectivity index (χ2v) is 8.23. The van der Waals surface area contributed by atoms with E-state index in [1.807, 2.05) is 6.07 Å². The van der Waals surface area contributed by atoms with Gasteiger partial charge in [-0.25, -0.2) is 0 Å². The Labute approximate surface area is 156 Å². The van der Waals surface area contributed by atoms with Gasteiger partial charge >= 0.3 is 0 Å².